The Morgan fingerprint density at radius 1 is 1.54 bits per heavy atom. The van der Waals surface area contributed by atoms with Crippen LogP contribution in [0.1, 0.15) is 6.42 Å². The van der Waals surface area contributed by atoms with Crippen LogP contribution >= 0.6 is 0 Å². The van der Waals surface area contributed by atoms with E-state index in [0.717, 1.165) is 13.0 Å². The maximum Gasteiger partial charge on any atom is 0.265 e. The number of hydrogen-bond acceptors (Lipinski definition) is 3. The van der Waals surface area contributed by atoms with Crippen molar-refractivity contribution in [2.45, 2.75) is 19.0 Å². The monoisotopic (exact) mass is 195 g/mol. The van der Waals surface area contributed by atoms with E-state index in [-0.39, 0.29) is 6.54 Å². The van der Waals surface area contributed by atoms with Gasteiger partial charge in [0.1, 0.15) is 6.10 Å². The Balaban J connectivity index is 1.99. The highest BCUT2D eigenvalue weighted by Crippen LogP contribution is 2.10. The number of nitrogens with one attached hydrogen (secondary N) is 1. The minimum Gasteiger partial charge on any atom is -0.386 e. The molecule has 1 rings (SSSR count). The summed E-state index contributed by atoms with van der Waals surface area (Å²) < 4.78 is 28.7. The zero-order valence-electron chi connectivity index (χ0n) is 7.38. The highest BCUT2D eigenvalue weighted by atomic mass is 19.3. The summed E-state index contributed by atoms with van der Waals surface area (Å²) in [4.78, 5) is 0. The number of rotatable bonds is 5. The zero-order valence-corrected chi connectivity index (χ0v) is 7.38. The van der Waals surface area contributed by atoms with Crippen LogP contribution in [0.3, 0.4) is 0 Å². The topological polar surface area (TPSA) is 41.5 Å². The van der Waals surface area contributed by atoms with Crippen LogP contribution in [0, 0.1) is 5.92 Å². The first-order valence-electron chi connectivity index (χ1n) is 4.45. The number of aliphatic hydroxyl groups is 1. The summed E-state index contributed by atoms with van der Waals surface area (Å²) in [5.74, 6) is 0.407. The normalized spacial score (nSPS) is 25.4. The third-order valence-electron chi connectivity index (χ3n) is 2.10. The van der Waals surface area contributed by atoms with Gasteiger partial charge in [0.25, 0.3) is 6.43 Å². The van der Waals surface area contributed by atoms with Gasteiger partial charge in [-0.05, 0) is 12.3 Å². The molecule has 0 bridgehead atoms. The van der Waals surface area contributed by atoms with Gasteiger partial charge in [0, 0.05) is 19.7 Å². The lowest BCUT2D eigenvalue weighted by molar-refractivity contribution is -0.00363. The fourth-order valence-corrected chi connectivity index (χ4v) is 1.27. The maximum absolute atomic E-state index is 11.8. The van der Waals surface area contributed by atoms with E-state index in [1.807, 2.05) is 0 Å². The van der Waals surface area contributed by atoms with Crippen molar-refractivity contribution in [1.29, 1.82) is 0 Å². The van der Waals surface area contributed by atoms with Gasteiger partial charge in [-0.1, -0.05) is 0 Å². The molecular formula is C8H15F2NO2. The SMILES string of the molecule is OC(CNCC1CCOC1)C(F)F. The summed E-state index contributed by atoms with van der Waals surface area (Å²) in [6, 6.07) is 0. The van der Waals surface area contributed by atoms with Crippen LogP contribution < -0.4 is 5.32 Å². The first kappa shape index (κ1) is 10.8. The zero-order chi connectivity index (χ0) is 9.68. The molecule has 0 saturated carbocycles. The Morgan fingerprint density at radius 2 is 2.31 bits per heavy atom. The van der Waals surface area contributed by atoms with Crippen LogP contribution in [0.15, 0.2) is 0 Å². The van der Waals surface area contributed by atoms with Gasteiger partial charge in [0.05, 0.1) is 6.61 Å². The summed E-state index contributed by atoms with van der Waals surface area (Å²) in [5, 5.41) is 11.6. The Hall–Kier alpha value is -0.260. The van der Waals surface area contributed by atoms with Gasteiger partial charge in [-0.25, -0.2) is 8.78 Å². The average Bonchev–Trinajstić information content (AvgIpc) is 2.56. The molecule has 1 fully saturated rings. The van der Waals surface area contributed by atoms with Crippen LogP contribution in [-0.4, -0.2) is 43.9 Å². The highest BCUT2D eigenvalue weighted by Gasteiger charge is 2.18. The van der Waals surface area contributed by atoms with E-state index in [1.165, 1.54) is 0 Å². The van der Waals surface area contributed by atoms with Crippen molar-refractivity contribution in [2.24, 2.45) is 5.92 Å². The van der Waals surface area contributed by atoms with Crippen molar-refractivity contribution in [1.82, 2.24) is 5.32 Å². The summed E-state index contributed by atoms with van der Waals surface area (Å²) >= 11 is 0. The molecular weight excluding hydrogens is 180 g/mol. The molecule has 0 aromatic heterocycles. The van der Waals surface area contributed by atoms with E-state index in [0.29, 0.717) is 19.1 Å². The number of hydrogen-bond donors (Lipinski definition) is 2. The smallest absolute Gasteiger partial charge is 0.265 e. The van der Waals surface area contributed by atoms with Crippen molar-refractivity contribution in [3.63, 3.8) is 0 Å². The molecule has 1 saturated heterocycles. The lowest BCUT2D eigenvalue weighted by atomic mass is 10.1. The summed E-state index contributed by atoms with van der Waals surface area (Å²) in [6.07, 6.45) is -3.24. The molecule has 0 aromatic rings. The van der Waals surface area contributed by atoms with Crippen LogP contribution in [-0.2, 0) is 4.74 Å². The predicted molar refractivity (Wildman–Crippen MR) is 43.8 cm³/mol. The lowest BCUT2D eigenvalue weighted by Crippen LogP contribution is -2.34. The molecule has 0 amide bonds. The van der Waals surface area contributed by atoms with Crippen molar-refractivity contribution < 1.29 is 18.6 Å². The van der Waals surface area contributed by atoms with Gasteiger partial charge in [-0.3, -0.25) is 0 Å². The minimum absolute atomic E-state index is 0.0475. The first-order valence-corrected chi connectivity index (χ1v) is 4.45. The minimum atomic E-state index is -2.66. The average molecular weight is 195 g/mol. The number of aliphatic hydroxyl groups excluding tert-OH is 1. The Morgan fingerprint density at radius 3 is 2.85 bits per heavy atom. The van der Waals surface area contributed by atoms with E-state index in [1.54, 1.807) is 0 Å². The predicted octanol–water partition coefficient (Wildman–Crippen LogP) is 0.238. The fourth-order valence-electron chi connectivity index (χ4n) is 1.27. The van der Waals surface area contributed by atoms with Gasteiger partial charge in [-0.2, -0.15) is 0 Å². The molecule has 1 aliphatic rings. The van der Waals surface area contributed by atoms with E-state index < -0.39 is 12.5 Å². The molecule has 13 heavy (non-hydrogen) atoms. The summed E-state index contributed by atoms with van der Waals surface area (Å²) in [7, 11) is 0. The standard InChI is InChI=1S/C8H15F2NO2/c9-8(10)7(12)4-11-3-6-1-2-13-5-6/h6-8,11-12H,1-5H2. The van der Waals surface area contributed by atoms with Crippen molar-refractivity contribution in [3.05, 3.63) is 0 Å². The molecule has 2 atom stereocenters. The summed E-state index contributed by atoms with van der Waals surface area (Å²) in [5.41, 5.74) is 0. The number of alkyl halides is 2. The molecule has 78 valence electrons. The van der Waals surface area contributed by atoms with Crippen molar-refractivity contribution in [2.75, 3.05) is 26.3 Å². The van der Waals surface area contributed by atoms with Gasteiger partial charge in [0.15, 0.2) is 0 Å². The van der Waals surface area contributed by atoms with E-state index in [9.17, 15) is 8.78 Å². The second kappa shape index (κ2) is 5.47. The molecule has 0 aromatic carbocycles. The molecule has 2 unspecified atom stereocenters. The quantitative estimate of drug-likeness (QED) is 0.660. The Bertz CT molecular complexity index is 138. The maximum atomic E-state index is 11.8. The lowest BCUT2D eigenvalue weighted by Gasteiger charge is -2.12. The Labute approximate surface area is 76.1 Å². The molecule has 0 spiro atoms. The number of halogens is 2. The summed E-state index contributed by atoms with van der Waals surface area (Å²) in [6.45, 7) is 2.04. The molecule has 5 heteroatoms. The van der Waals surface area contributed by atoms with Crippen LogP contribution in [0.5, 0.6) is 0 Å². The van der Waals surface area contributed by atoms with Crippen LogP contribution in [0.4, 0.5) is 8.78 Å². The van der Waals surface area contributed by atoms with Gasteiger partial charge in [0.2, 0.25) is 0 Å². The second-order valence-electron chi connectivity index (χ2n) is 3.29. The number of ether oxygens (including phenoxy) is 1. The van der Waals surface area contributed by atoms with Gasteiger partial charge in [-0.15, -0.1) is 0 Å². The third-order valence-corrected chi connectivity index (χ3v) is 2.10. The van der Waals surface area contributed by atoms with E-state index >= 15 is 0 Å². The van der Waals surface area contributed by atoms with Crippen LogP contribution in [0.25, 0.3) is 0 Å². The molecule has 1 aliphatic heterocycles. The first-order chi connectivity index (χ1) is 6.20. The Kier molecular flexibility index (Phi) is 4.55. The third kappa shape index (κ3) is 3.97. The molecule has 0 radical (unpaired) electrons. The van der Waals surface area contributed by atoms with Gasteiger partial charge < -0.3 is 15.2 Å². The fraction of sp³-hybridized carbons (Fsp3) is 1.00. The highest BCUT2D eigenvalue weighted by molar-refractivity contribution is 4.69. The van der Waals surface area contributed by atoms with Crippen molar-refractivity contribution >= 4 is 0 Å². The van der Waals surface area contributed by atoms with E-state index in [4.69, 9.17) is 9.84 Å². The molecule has 2 N–H and O–H groups in total. The largest absolute Gasteiger partial charge is 0.386 e. The van der Waals surface area contributed by atoms with Crippen LogP contribution in [0.2, 0.25) is 0 Å². The molecule has 3 nitrogen and oxygen atoms in total. The van der Waals surface area contributed by atoms with Crippen molar-refractivity contribution in [3.8, 4) is 0 Å². The van der Waals surface area contributed by atoms with E-state index in [2.05, 4.69) is 5.32 Å². The molecule has 1 heterocycles. The second-order valence-corrected chi connectivity index (χ2v) is 3.29. The molecule has 0 aliphatic carbocycles. The van der Waals surface area contributed by atoms with Gasteiger partial charge >= 0.3 is 0 Å².